The Morgan fingerprint density at radius 2 is 1.70 bits per heavy atom. The first-order chi connectivity index (χ1) is 34.6. The standard InChI is InChI=1S/C51H68BF2N7O10S2/c1-37-34-40(58-43(37)36-44-39(14-13-33-73(67,68)69)35-45(46-16-12-32-72-46)59(44)52(58,53)54)22-19-38-20-23-41(24-21-38)70-31-11-17-47(62)56-42(15-8-10-30-61(3,4)5)51(66)55-27-29-57(2)28-9-6-7-18-50(65)71-60-48(63)25-26-49(60)64/h12,16,19-24,32,34-36,42H,6-11,13-15,17-18,25-31,33H2,1-5H3,(H2-,55,56,62,66,67,68,69)/p+1/b22-19+. The van der Waals surface area contributed by atoms with Crippen molar-refractivity contribution in [1.29, 1.82) is 0 Å². The van der Waals surface area contributed by atoms with E-state index in [1.807, 2.05) is 24.6 Å². The second kappa shape index (κ2) is 25.4. The maximum Gasteiger partial charge on any atom is 0.737 e. The number of aromatic nitrogens is 1. The summed E-state index contributed by atoms with van der Waals surface area (Å²) in [5, 5.41) is 8.29. The van der Waals surface area contributed by atoms with Gasteiger partial charge in [0.2, 0.25) is 11.8 Å². The molecule has 1 saturated heterocycles. The Labute approximate surface area is 430 Å². The SMILES string of the molecule is Cc1cc(/C=C/c2ccc(OCCCC(=O)NC(CCCC[N+](C)(C)C)C(=O)NCCN(C)CCCCCC(=O)ON3C(=O)CCC3=O)cc2)n2c1C=C1C(CCCS(=O)(=O)O)=CC(c3cccs3)=[N+]1[B-]2(F)F. The minimum atomic E-state index is -4.38. The van der Waals surface area contributed by atoms with Gasteiger partial charge >= 0.3 is 12.9 Å². The third-order valence-corrected chi connectivity index (χ3v) is 14.5. The lowest BCUT2D eigenvalue weighted by Crippen LogP contribution is -2.51. The molecular formula is C51H69BF2N7O10S2+. The highest BCUT2D eigenvalue weighted by Crippen LogP contribution is 2.40. The van der Waals surface area contributed by atoms with E-state index in [1.54, 1.807) is 61.6 Å². The molecule has 6 rings (SSSR count). The van der Waals surface area contributed by atoms with E-state index in [9.17, 15) is 36.9 Å². The zero-order valence-corrected chi connectivity index (χ0v) is 44.1. The number of hydrogen-bond acceptors (Lipinski definition) is 11. The van der Waals surface area contributed by atoms with Crippen molar-refractivity contribution in [2.45, 2.75) is 96.4 Å². The Balaban J connectivity index is 0.956. The monoisotopic (exact) mass is 1050 g/mol. The van der Waals surface area contributed by atoms with Crippen LogP contribution in [-0.2, 0) is 38.9 Å². The van der Waals surface area contributed by atoms with Gasteiger partial charge in [-0.15, -0.1) is 16.4 Å². The summed E-state index contributed by atoms with van der Waals surface area (Å²) in [6.45, 7) is 0.268. The van der Waals surface area contributed by atoms with E-state index >= 15 is 8.63 Å². The normalized spacial score (nSPS) is 15.9. The summed E-state index contributed by atoms with van der Waals surface area (Å²) in [5.74, 6) is -2.01. The molecule has 396 valence electrons. The Kier molecular flexibility index (Phi) is 19.7. The van der Waals surface area contributed by atoms with Crippen molar-refractivity contribution in [2.24, 2.45) is 0 Å². The number of hydrogen-bond donors (Lipinski definition) is 3. The van der Waals surface area contributed by atoms with Crippen LogP contribution in [0.25, 0.3) is 18.2 Å². The van der Waals surface area contributed by atoms with Crippen LogP contribution in [0.3, 0.4) is 0 Å². The van der Waals surface area contributed by atoms with Gasteiger partial charge in [0.15, 0.2) is 11.4 Å². The van der Waals surface area contributed by atoms with Crippen LogP contribution in [0.1, 0.15) is 111 Å². The van der Waals surface area contributed by atoms with Gasteiger partial charge in [0, 0.05) is 67.9 Å². The van der Waals surface area contributed by atoms with Crippen molar-refractivity contribution in [3.8, 4) is 5.75 Å². The van der Waals surface area contributed by atoms with E-state index in [0.29, 0.717) is 82.0 Å². The fourth-order valence-electron chi connectivity index (χ4n) is 8.93. The number of nitrogens with one attached hydrogen (secondary N) is 2. The van der Waals surface area contributed by atoms with Crippen LogP contribution < -0.4 is 15.4 Å². The number of thiophene rings is 1. The smallest absolute Gasteiger partial charge is 0.494 e. The van der Waals surface area contributed by atoms with Gasteiger partial charge in [0.1, 0.15) is 11.8 Å². The number of carbonyl (C=O) groups is 5. The second-order valence-corrected chi connectivity index (χ2v) is 22.4. The highest BCUT2D eigenvalue weighted by atomic mass is 32.2. The maximum atomic E-state index is 16.9. The molecule has 2 aromatic heterocycles. The number of likely N-dealkylation sites (N-methyl/N-ethyl adjacent to an activating group) is 1. The van der Waals surface area contributed by atoms with Crippen LogP contribution in [0.15, 0.2) is 65.2 Å². The van der Waals surface area contributed by atoms with Gasteiger partial charge in [-0.2, -0.15) is 8.42 Å². The van der Waals surface area contributed by atoms with Crippen LogP contribution >= 0.6 is 11.3 Å². The molecule has 0 radical (unpaired) electrons. The number of amides is 4. The molecule has 0 spiro atoms. The maximum absolute atomic E-state index is 16.9. The number of benzene rings is 1. The second-order valence-electron chi connectivity index (χ2n) is 19.9. The molecule has 73 heavy (non-hydrogen) atoms. The highest BCUT2D eigenvalue weighted by molar-refractivity contribution is 7.85. The molecule has 1 atom stereocenters. The molecule has 4 amide bonds. The molecule has 1 unspecified atom stereocenters. The summed E-state index contributed by atoms with van der Waals surface area (Å²) in [4.78, 5) is 69.5. The fourth-order valence-corrected chi connectivity index (χ4v) is 10.2. The predicted octanol–water partition coefficient (Wildman–Crippen LogP) is 6.45. The van der Waals surface area contributed by atoms with Crippen LogP contribution in [0.2, 0.25) is 0 Å². The van der Waals surface area contributed by atoms with Crippen molar-refractivity contribution < 1.29 is 64.1 Å². The van der Waals surface area contributed by atoms with E-state index in [-0.39, 0.29) is 56.9 Å². The number of hydroxylamine groups is 2. The quantitative estimate of drug-likeness (QED) is 0.0227. The molecule has 5 heterocycles. The average molecular weight is 1050 g/mol. The van der Waals surface area contributed by atoms with Crippen molar-refractivity contribution in [2.75, 3.05) is 66.7 Å². The number of aryl methyl sites for hydroxylation is 1. The molecule has 17 nitrogen and oxygen atoms in total. The van der Waals surface area contributed by atoms with Crippen molar-refractivity contribution >= 4 is 82.0 Å². The topological polar surface area (TPSA) is 197 Å². The van der Waals surface area contributed by atoms with E-state index in [0.717, 1.165) is 57.8 Å². The number of rotatable bonds is 29. The molecule has 0 aliphatic carbocycles. The molecule has 3 aliphatic rings. The number of fused-ring (bicyclic) bond motifs is 2. The largest absolute Gasteiger partial charge is 0.737 e. The number of imide groups is 1. The molecule has 1 fully saturated rings. The molecule has 22 heteroatoms. The summed E-state index contributed by atoms with van der Waals surface area (Å²) < 4.78 is 74.8. The summed E-state index contributed by atoms with van der Waals surface area (Å²) >= 11 is 1.33. The predicted molar refractivity (Wildman–Crippen MR) is 278 cm³/mol. The first kappa shape index (κ1) is 56.5. The van der Waals surface area contributed by atoms with Crippen LogP contribution in [0.5, 0.6) is 5.75 Å². The summed E-state index contributed by atoms with van der Waals surface area (Å²) in [5.41, 5.74) is 3.30. The Morgan fingerprint density at radius 1 is 0.959 bits per heavy atom. The lowest BCUT2D eigenvalue weighted by atomic mass is 9.88. The molecule has 0 saturated carbocycles. The van der Waals surface area contributed by atoms with Gasteiger partial charge in [-0.3, -0.25) is 23.7 Å². The number of carbonyl (C=O) groups excluding carboxylic acids is 5. The molecular weight excluding hydrogens is 984 g/mol. The van der Waals surface area contributed by atoms with E-state index < -0.39 is 46.7 Å². The highest BCUT2D eigenvalue weighted by Gasteiger charge is 2.54. The Hall–Kier alpha value is -5.81. The number of halogens is 2. The Morgan fingerprint density at radius 3 is 2.38 bits per heavy atom. The lowest BCUT2D eigenvalue weighted by Gasteiger charge is -2.31. The number of ether oxygens (including phenoxy) is 1. The average Bonchev–Trinajstić information content (AvgIpc) is 4.12. The van der Waals surface area contributed by atoms with Gasteiger partial charge in [0.05, 0.1) is 44.9 Å². The lowest BCUT2D eigenvalue weighted by molar-refractivity contribution is -0.870. The van der Waals surface area contributed by atoms with Crippen molar-refractivity contribution in [3.63, 3.8) is 0 Å². The van der Waals surface area contributed by atoms with Crippen LogP contribution in [0, 0.1) is 6.92 Å². The van der Waals surface area contributed by atoms with E-state index in [2.05, 4.69) is 36.7 Å². The van der Waals surface area contributed by atoms with Crippen molar-refractivity contribution in [3.05, 3.63) is 92.6 Å². The van der Waals surface area contributed by atoms with Crippen LogP contribution in [0.4, 0.5) is 8.63 Å². The van der Waals surface area contributed by atoms with Gasteiger partial charge < -0.3 is 47.2 Å². The van der Waals surface area contributed by atoms with Crippen LogP contribution in [-0.4, -0.2) is 151 Å². The third kappa shape index (κ3) is 16.3. The van der Waals surface area contributed by atoms with Gasteiger partial charge in [0.25, 0.3) is 21.9 Å². The molecule has 0 bridgehead atoms. The number of nitrogens with zero attached hydrogens (tertiary/aromatic N) is 5. The first-order valence-corrected chi connectivity index (χ1v) is 27.4. The zero-order chi connectivity index (χ0) is 52.9. The number of allylic oxidation sites excluding steroid dienone is 2. The molecule has 3 aromatic rings. The summed E-state index contributed by atoms with van der Waals surface area (Å²) in [6, 6.07) is 11.8. The van der Waals surface area contributed by atoms with Gasteiger partial charge in [-0.25, -0.2) is 4.79 Å². The number of unbranched alkanes of at least 4 members (excludes halogenated alkanes) is 3. The summed E-state index contributed by atoms with van der Waals surface area (Å²) in [6.07, 6.45) is 12.1. The van der Waals surface area contributed by atoms with Gasteiger partial charge in [-0.1, -0.05) is 30.7 Å². The molecule has 3 aliphatic heterocycles. The minimum absolute atomic E-state index is 0.0514. The molecule has 3 N–H and O–H groups in total. The molecule has 1 aromatic carbocycles. The zero-order valence-electron chi connectivity index (χ0n) is 42.4. The Bertz CT molecular complexity index is 2700. The van der Waals surface area contributed by atoms with Gasteiger partial charge in [-0.05, 0) is 119 Å². The van der Waals surface area contributed by atoms with E-state index in [4.69, 9.17) is 9.57 Å². The van der Waals surface area contributed by atoms with Crippen molar-refractivity contribution in [1.82, 2.24) is 25.1 Å². The summed E-state index contributed by atoms with van der Waals surface area (Å²) in [7, 11) is 4.06. The third-order valence-electron chi connectivity index (χ3n) is 12.8. The number of quaternary nitrogens is 1. The fraction of sp³-hybridized carbons (Fsp3) is 0.490. The van der Waals surface area contributed by atoms with E-state index in [1.165, 1.54) is 11.3 Å². The minimum Gasteiger partial charge on any atom is -0.494 e. The first-order valence-electron chi connectivity index (χ1n) is 25.0.